The van der Waals surface area contributed by atoms with Crippen LogP contribution in [0, 0.1) is 0 Å². The maximum atomic E-state index is 6.30. The molecule has 0 radical (unpaired) electrons. The van der Waals surface area contributed by atoms with Gasteiger partial charge in [-0.15, -0.1) is 0 Å². The van der Waals surface area contributed by atoms with Gasteiger partial charge < -0.3 is 5.32 Å². The predicted molar refractivity (Wildman–Crippen MR) is 94.9 cm³/mol. The second kappa shape index (κ2) is 6.73. The van der Waals surface area contributed by atoms with Crippen molar-refractivity contribution in [3.63, 3.8) is 0 Å². The third kappa shape index (κ3) is 3.22. The van der Waals surface area contributed by atoms with Crippen LogP contribution in [0.4, 0.5) is 0 Å². The highest BCUT2D eigenvalue weighted by molar-refractivity contribution is 6.35. The van der Waals surface area contributed by atoms with Crippen LogP contribution in [-0.4, -0.2) is 60.1 Å². The zero-order valence-corrected chi connectivity index (χ0v) is 14.1. The van der Waals surface area contributed by atoms with Gasteiger partial charge in [0, 0.05) is 61.9 Å². The first-order chi connectivity index (χ1) is 11.3. The molecule has 4 rings (SSSR count). The second-order valence-corrected chi connectivity index (χ2v) is 6.97. The van der Waals surface area contributed by atoms with Crippen molar-refractivity contribution in [2.45, 2.75) is 19.0 Å². The van der Waals surface area contributed by atoms with Crippen molar-refractivity contribution >= 4 is 22.5 Å². The number of fused-ring (bicyclic) bond motifs is 1. The van der Waals surface area contributed by atoms with Crippen LogP contribution in [-0.2, 0) is 6.54 Å². The van der Waals surface area contributed by atoms with E-state index in [0.717, 1.165) is 48.1 Å². The Bertz CT molecular complexity index is 676. The molecule has 1 unspecified atom stereocenters. The number of aromatic nitrogens is 1. The van der Waals surface area contributed by atoms with Crippen molar-refractivity contribution in [3.05, 3.63) is 41.0 Å². The number of halogens is 1. The van der Waals surface area contributed by atoms with Gasteiger partial charge in [0.2, 0.25) is 0 Å². The molecule has 1 N–H and O–H groups in total. The first-order valence-electron chi connectivity index (χ1n) is 8.50. The minimum atomic E-state index is 0.746. The van der Waals surface area contributed by atoms with Gasteiger partial charge in [-0.1, -0.05) is 17.7 Å². The fraction of sp³-hybridized carbons (Fsp3) is 0.500. The summed E-state index contributed by atoms with van der Waals surface area (Å²) in [5, 5.41) is 5.32. The van der Waals surface area contributed by atoms with Crippen LogP contribution in [0.25, 0.3) is 10.9 Å². The standard InChI is InChI=1S/C18H23ClN4/c19-17-4-3-14(18-16(17)2-1-6-21-18)13-22-8-10-23(11-9-22)15-5-7-20-12-15/h1-4,6,15,20H,5,7-13H2. The molecule has 1 aromatic carbocycles. The van der Waals surface area contributed by atoms with Gasteiger partial charge in [0.05, 0.1) is 5.52 Å². The molecular weight excluding hydrogens is 308 g/mol. The number of nitrogens with one attached hydrogen (secondary N) is 1. The van der Waals surface area contributed by atoms with E-state index in [4.69, 9.17) is 11.6 Å². The van der Waals surface area contributed by atoms with E-state index in [1.165, 1.54) is 31.6 Å². The molecule has 2 aromatic rings. The van der Waals surface area contributed by atoms with Crippen molar-refractivity contribution < 1.29 is 0 Å². The lowest BCUT2D eigenvalue weighted by Crippen LogP contribution is -2.50. The zero-order valence-electron chi connectivity index (χ0n) is 13.3. The molecule has 0 bridgehead atoms. The van der Waals surface area contributed by atoms with Gasteiger partial charge in [-0.05, 0) is 36.7 Å². The van der Waals surface area contributed by atoms with E-state index < -0.39 is 0 Å². The van der Waals surface area contributed by atoms with Crippen LogP contribution < -0.4 is 5.32 Å². The number of hydrogen-bond acceptors (Lipinski definition) is 4. The minimum absolute atomic E-state index is 0.746. The topological polar surface area (TPSA) is 31.4 Å². The summed E-state index contributed by atoms with van der Waals surface area (Å²) in [4.78, 5) is 9.74. The number of piperazine rings is 1. The van der Waals surface area contributed by atoms with Crippen LogP contribution in [0.2, 0.25) is 5.02 Å². The van der Waals surface area contributed by atoms with Gasteiger partial charge in [0.15, 0.2) is 0 Å². The summed E-state index contributed by atoms with van der Waals surface area (Å²) >= 11 is 6.30. The molecule has 1 aromatic heterocycles. The van der Waals surface area contributed by atoms with Gasteiger partial charge in [-0.2, -0.15) is 0 Å². The van der Waals surface area contributed by atoms with E-state index in [2.05, 4.69) is 32.2 Å². The number of benzene rings is 1. The quantitative estimate of drug-likeness (QED) is 0.936. The molecule has 2 fully saturated rings. The number of nitrogens with zero attached hydrogens (tertiary/aromatic N) is 3. The van der Waals surface area contributed by atoms with E-state index in [0.29, 0.717) is 0 Å². The largest absolute Gasteiger partial charge is 0.315 e. The molecule has 5 heteroatoms. The summed E-state index contributed by atoms with van der Waals surface area (Å²) in [6.45, 7) is 7.90. The molecule has 0 spiro atoms. The Morgan fingerprint density at radius 2 is 2.04 bits per heavy atom. The summed E-state index contributed by atoms with van der Waals surface area (Å²) in [6, 6.07) is 8.88. The molecule has 3 heterocycles. The van der Waals surface area contributed by atoms with E-state index in [1.807, 2.05) is 18.3 Å². The lowest BCUT2D eigenvalue weighted by atomic mass is 10.1. The molecule has 23 heavy (non-hydrogen) atoms. The van der Waals surface area contributed by atoms with Gasteiger partial charge in [0.1, 0.15) is 0 Å². The molecule has 1 atom stereocenters. The van der Waals surface area contributed by atoms with Gasteiger partial charge >= 0.3 is 0 Å². The Morgan fingerprint density at radius 3 is 2.83 bits per heavy atom. The molecule has 122 valence electrons. The highest BCUT2D eigenvalue weighted by Gasteiger charge is 2.26. The Balaban J connectivity index is 1.44. The summed E-state index contributed by atoms with van der Waals surface area (Å²) in [5.74, 6) is 0. The highest BCUT2D eigenvalue weighted by atomic mass is 35.5. The summed E-state index contributed by atoms with van der Waals surface area (Å²) < 4.78 is 0. The first-order valence-corrected chi connectivity index (χ1v) is 8.88. The molecule has 2 aliphatic rings. The Labute approximate surface area is 142 Å². The van der Waals surface area contributed by atoms with E-state index >= 15 is 0 Å². The summed E-state index contributed by atoms with van der Waals surface area (Å²) in [5.41, 5.74) is 2.32. The molecule has 0 aliphatic carbocycles. The van der Waals surface area contributed by atoms with E-state index in [-0.39, 0.29) is 0 Å². The fourth-order valence-corrected chi connectivity index (χ4v) is 4.02. The van der Waals surface area contributed by atoms with Gasteiger partial charge in [0.25, 0.3) is 0 Å². The third-order valence-electron chi connectivity index (χ3n) is 5.15. The summed E-state index contributed by atoms with van der Waals surface area (Å²) in [7, 11) is 0. The first kappa shape index (κ1) is 15.3. The number of hydrogen-bond donors (Lipinski definition) is 1. The van der Waals surface area contributed by atoms with E-state index in [9.17, 15) is 0 Å². The predicted octanol–water partition coefficient (Wildman–Crippen LogP) is 2.37. The van der Waals surface area contributed by atoms with Crippen LogP contribution in [0.5, 0.6) is 0 Å². The van der Waals surface area contributed by atoms with Crippen molar-refractivity contribution in [1.29, 1.82) is 0 Å². The van der Waals surface area contributed by atoms with Crippen LogP contribution >= 0.6 is 11.6 Å². The van der Waals surface area contributed by atoms with E-state index in [1.54, 1.807) is 0 Å². The number of rotatable bonds is 3. The average Bonchev–Trinajstić information content (AvgIpc) is 3.13. The second-order valence-electron chi connectivity index (χ2n) is 6.56. The molecule has 2 saturated heterocycles. The van der Waals surface area contributed by atoms with Crippen molar-refractivity contribution in [3.8, 4) is 0 Å². The average molecular weight is 331 g/mol. The SMILES string of the molecule is Clc1ccc(CN2CCN(C3CCNC3)CC2)c2ncccc12. The maximum absolute atomic E-state index is 6.30. The Morgan fingerprint density at radius 1 is 1.17 bits per heavy atom. The molecule has 0 saturated carbocycles. The maximum Gasteiger partial charge on any atom is 0.0761 e. The lowest BCUT2D eigenvalue weighted by Gasteiger charge is -2.37. The van der Waals surface area contributed by atoms with Crippen LogP contribution in [0.15, 0.2) is 30.5 Å². The Hall–Kier alpha value is -1.20. The smallest absolute Gasteiger partial charge is 0.0761 e. The van der Waals surface area contributed by atoms with Gasteiger partial charge in [-0.25, -0.2) is 0 Å². The highest BCUT2D eigenvalue weighted by Crippen LogP contribution is 2.26. The summed E-state index contributed by atoms with van der Waals surface area (Å²) in [6.07, 6.45) is 3.15. The monoisotopic (exact) mass is 330 g/mol. The van der Waals surface area contributed by atoms with Crippen molar-refractivity contribution in [1.82, 2.24) is 20.1 Å². The van der Waals surface area contributed by atoms with Crippen molar-refractivity contribution in [2.75, 3.05) is 39.3 Å². The molecule has 4 nitrogen and oxygen atoms in total. The normalized spacial score (nSPS) is 23.6. The Kier molecular flexibility index (Phi) is 4.49. The molecule has 2 aliphatic heterocycles. The fourth-order valence-electron chi connectivity index (χ4n) is 3.80. The van der Waals surface area contributed by atoms with Gasteiger partial charge in [-0.3, -0.25) is 14.8 Å². The number of pyridine rings is 1. The zero-order chi connectivity index (χ0) is 15.6. The lowest BCUT2D eigenvalue weighted by molar-refractivity contribution is 0.0983. The van der Waals surface area contributed by atoms with Crippen LogP contribution in [0.1, 0.15) is 12.0 Å². The van der Waals surface area contributed by atoms with Crippen molar-refractivity contribution in [2.24, 2.45) is 0 Å². The third-order valence-corrected chi connectivity index (χ3v) is 5.48. The molecule has 0 amide bonds. The minimum Gasteiger partial charge on any atom is -0.315 e. The molecular formula is C18H23ClN4. The van der Waals surface area contributed by atoms with Crippen LogP contribution in [0.3, 0.4) is 0 Å².